The number of aliphatic hydroxyl groups is 1. The van der Waals surface area contributed by atoms with Crippen LogP contribution in [0.1, 0.15) is 30.4 Å². The summed E-state index contributed by atoms with van der Waals surface area (Å²) in [6.07, 6.45) is 2.93. The van der Waals surface area contributed by atoms with Gasteiger partial charge in [-0.15, -0.1) is 12.4 Å². The smallest absolute Gasteiger partial charge is 0.223 e. The van der Waals surface area contributed by atoms with E-state index in [9.17, 15) is 9.18 Å². The van der Waals surface area contributed by atoms with Gasteiger partial charge < -0.3 is 16.2 Å². The number of nitrogens with one attached hydrogen (secondary N) is 1. The number of halogens is 2. The molecule has 0 unspecified atom stereocenters. The molecule has 1 aliphatic rings. The Bertz CT molecular complexity index is 485. The topological polar surface area (TPSA) is 75.4 Å². The summed E-state index contributed by atoms with van der Waals surface area (Å²) in [5, 5.41) is 11.8. The van der Waals surface area contributed by atoms with Crippen molar-refractivity contribution in [3.8, 4) is 0 Å². The first-order chi connectivity index (χ1) is 9.65. The average Bonchev–Trinajstić information content (AvgIpc) is 2.93. The first-order valence-corrected chi connectivity index (χ1v) is 7.01. The molecule has 1 aromatic carbocycles. The minimum absolute atomic E-state index is 0. The molecule has 1 aliphatic carbocycles. The number of carbonyl (C=O) groups is 1. The molecule has 0 aromatic heterocycles. The van der Waals surface area contributed by atoms with Gasteiger partial charge in [-0.2, -0.15) is 0 Å². The maximum absolute atomic E-state index is 13.5. The van der Waals surface area contributed by atoms with Crippen LogP contribution >= 0.6 is 12.4 Å². The highest BCUT2D eigenvalue weighted by Crippen LogP contribution is 2.31. The molecule has 2 rings (SSSR count). The van der Waals surface area contributed by atoms with Crippen LogP contribution in [0.2, 0.25) is 0 Å². The lowest BCUT2D eigenvalue weighted by Gasteiger charge is -2.17. The Morgan fingerprint density at radius 2 is 2.19 bits per heavy atom. The van der Waals surface area contributed by atoms with Crippen LogP contribution in [0.3, 0.4) is 0 Å². The van der Waals surface area contributed by atoms with Crippen molar-refractivity contribution in [2.24, 2.45) is 17.6 Å². The van der Waals surface area contributed by atoms with E-state index in [4.69, 9.17) is 10.8 Å². The highest BCUT2D eigenvalue weighted by molar-refractivity contribution is 5.85. The summed E-state index contributed by atoms with van der Waals surface area (Å²) in [5.74, 6) is -0.186. The zero-order chi connectivity index (χ0) is 14.5. The van der Waals surface area contributed by atoms with Gasteiger partial charge in [0.05, 0.1) is 6.61 Å². The largest absolute Gasteiger partial charge is 0.392 e. The van der Waals surface area contributed by atoms with Crippen LogP contribution in [0, 0.1) is 17.7 Å². The summed E-state index contributed by atoms with van der Waals surface area (Å²) in [5.41, 5.74) is 6.62. The number of hydrogen-bond donors (Lipinski definition) is 3. The SMILES string of the molecule is Cl.NC[C@H]1CCC[C@H]1C(=O)NCc1ccc(CO)c(F)c1. The van der Waals surface area contributed by atoms with E-state index < -0.39 is 5.82 Å². The minimum Gasteiger partial charge on any atom is -0.392 e. The molecule has 1 amide bonds. The van der Waals surface area contributed by atoms with E-state index in [1.807, 2.05) is 0 Å². The Balaban J connectivity index is 0.00000220. The number of nitrogens with two attached hydrogens (primary N) is 1. The van der Waals surface area contributed by atoms with Gasteiger partial charge in [0, 0.05) is 18.0 Å². The number of rotatable bonds is 5. The van der Waals surface area contributed by atoms with Crippen molar-refractivity contribution in [1.82, 2.24) is 5.32 Å². The summed E-state index contributed by atoms with van der Waals surface area (Å²) in [6.45, 7) is 0.520. The standard InChI is InChI=1S/C15H21FN2O2.ClH/c16-14-6-10(4-5-12(14)9-19)8-18-15(20)13-3-1-2-11(13)7-17;/h4-6,11,13,19H,1-3,7-9,17H2,(H,18,20);1H/t11-,13-;/m1./s1. The number of amides is 1. The number of benzene rings is 1. The summed E-state index contributed by atoms with van der Waals surface area (Å²) in [7, 11) is 0. The molecule has 0 radical (unpaired) electrons. The second kappa shape index (κ2) is 8.32. The van der Waals surface area contributed by atoms with Gasteiger partial charge in [-0.25, -0.2) is 4.39 Å². The Morgan fingerprint density at radius 3 is 2.81 bits per heavy atom. The Labute approximate surface area is 130 Å². The molecule has 0 spiro atoms. The Morgan fingerprint density at radius 1 is 1.43 bits per heavy atom. The lowest BCUT2D eigenvalue weighted by molar-refractivity contribution is -0.126. The quantitative estimate of drug-likeness (QED) is 0.774. The van der Waals surface area contributed by atoms with Crippen LogP contribution in [0.4, 0.5) is 4.39 Å². The Hall–Kier alpha value is -1.17. The van der Waals surface area contributed by atoms with Gasteiger partial charge in [-0.3, -0.25) is 4.79 Å². The molecule has 1 saturated carbocycles. The third kappa shape index (κ3) is 4.40. The summed E-state index contributed by atoms with van der Waals surface area (Å²) in [6, 6.07) is 4.60. The molecular formula is C15H22ClFN2O2. The van der Waals surface area contributed by atoms with E-state index in [0.717, 1.165) is 19.3 Å². The zero-order valence-corrected chi connectivity index (χ0v) is 12.7. The zero-order valence-electron chi connectivity index (χ0n) is 11.8. The Kier molecular flexibility index (Phi) is 7.08. The van der Waals surface area contributed by atoms with Crippen molar-refractivity contribution < 1.29 is 14.3 Å². The summed E-state index contributed by atoms with van der Waals surface area (Å²) < 4.78 is 13.5. The van der Waals surface area contributed by atoms with Crippen LogP contribution in [-0.2, 0) is 17.9 Å². The van der Waals surface area contributed by atoms with Crippen LogP contribution < -0.4 is 11.1 Å². The number of carbonyl (C=O) groups excluding carboxylic acids is 1. The number of aliphatic hydroxyl groups excluding tert-OH is 1. The van der Waals surface area contributed by atoms with Crippen LogP contribution in [0.25, 0.3) is 0 Å². The molecule has 4 nitrogen and oxygen atoms in total. The average molecular weight is 317 g/mol. The maximum Gasteiger partial charge on any atom is 0.223 e. The van der Waals surface area contributed by atoms with E-state index in [-0.39, 0.29) is 42.3 Å². The van der Waals surface area contributed by atoms with Gasteiger partial charge >= 0.3 is 0 Å². The fraction of sp³-hybridized carbons (Fsp3) is 0.533. The molecule has 0 saturated heterocycles. The lowest BCUT2D eigenvalue weighted by atomic mass is 9.95. The molecular weight excluding hydrogens is 295 g/mol. The highest BCUT2D eigenvalue weighted by atomic mass is 35.5. The third-order valence-corrected chi connectivity index (χ3v) is 4.05. The molecule has 1 fully saturated rings. The van der Waals surface area contributed by atoms with E-state index in [2.05, 4.69) is 5.32 Å². The van der Waals surface area contributed by atoms with Gasteiger partial charge in [0.25, 0.3) is 0 Å². The van der Waals surface area contributed by atoms with E-state index in [1.54, 1.807) is 6.07 Å². The minimum atomic E-state index is -0.444. The predicted molar refractivity (Wildman–Crippen MR) is 81.3 cm³/mol. The van der Waals surface area contributed by atoms with E-state index in [0.29, 0.717) is 18.7 Å². The highest BCUT2D eigenvalue weighted by Gasteiger charge is 2.31. The molecule has 1 aromatic rings. The molecule has 2 atom stereocenters. The van der Waals surface area contributed by atoms with E-state index >= 15 is 0 Å². The first kappa shape index (κ1) is 17.9. The first-order valence-electron chi connectivity index (χ1n) is 7.01. The molecule has 0 bridgehead atoms. The maximum atomic E-state index is 13.5. The second-order valence-electron chi connectivity index (χ2n) is 5.33. The summed E-state index contributed by atoms with van der Waals surface area (Å²) in [4.78, 5) is 12.1. The van der Waals surface area contributed by atoms with Crippen molar-refractivity contribution in [1.29, 1.82) is 0 Å². The van der Waals surface area contributed by atoms with Gasteiger partial charge in [0.2, 0.25) is 5.91 Å². The van der Waals surface area contributed by atoms with Crippen LogP contribution in [0.15, 0.2) is 18.2 Å². The van der Waals surface area contributed by atoms with Crippen molar-refractivity contribution in [2.45, 2.75) is 32.4 Å². The number of hydrogen-bond acceptors (Lipinski definition) is 3. The molecule has 0 aliphatic heterocycles. The predicted octanol–water partition coefficient (Wildman–Crippen LogP) is 1.73. The van der Waals surface area contributed by atoms with Crippen molar-refractivity contribution >= 4 is 18.3 Å². The molecule has 6 heteroatoms. The molecule has 118 valence electrons. The second-order valence-corrected chi connectivity index (χ2v) is 5.33. The van der Waals surface area contributed by atoms with Gasteiger partial charge in [-0.1, -0.05) is 18.6 Å². The van der Waals surface area contributed by atoms with Gasteiger partial charge in [0.15, 0.2) is 0 Å². The van der Waals surface area contributed by atoms with Gasteiger partial charge in [0.1, 0.15) is 5.82 Å². The fourth-order valence-electron chi connectivity index (χ4n) is 2.81. The monoisotopic (exact) mass is 316 g/mol. The molecule has 21 heavy (non-hydrogen) atoms. The van der Waals surface area contributed by atoms with Crippen molar-refractivity contribution in [3.05, 3.63) is 35.1 Å². The van der Waals surface area contributed by atoms with Crippen molar-refractivity contribution in [2.75, 3.05) is 6.54 Å². The van der Waals surface area contributed by atoms with Crippen LogP contribution in [0.5, 0.6) is 0 Å². The molecule has 0 heterocycles. The lowest BCUT2D eigenvalue weighted by Crippen LogP contribution is -2.34. The fourth-order valence-corrected chi connectivity index (χ4v) is 2.81. The van der Waals surface area contributed by atoms with Crippen molar-refractivity contribution in [3.63, 3.8) is 0 Å². The summed E-state index contributed by atoms with van der Waals surface area (Å²) >= 11 is 0. The normalized spacial score (nSPS) is 20.9. The van der Waals surface area contributed by atoms with E-state index in [1.165, 1.54) is 12.1 Å². The third-order valence-electron chi connectivity index (χ3n) is 4.05. The van der Waals surface area contributed by atoms with Gasteiger partial charge in [-0.05, 0) is 36.9 Å². The molecule has 4 N–H and O–H groups in total. The van der Waals surface area contributed by atoms with Crippen LogP contribution in [-0.4, -0.2) is 17.6 Å².